The summed E-state index contributed by atoms with van der Waals surface area (Å²) in [6.07, 6.45) is 0. The Balaban J connectivity index is 1.60. The van der Waals surface area contributed by atoms with Gasteiger partial charge in [0.05, 0.1) is 16.6 Å². The number of benzene rings is 2. The van der Waals surface area contributed by atoms with E-state index < -0.39 is 16.1 Å². The molecule has 150 valence electrons. The number of aryl methyl sites for hydroxylation is 1. The lowest BCUT2D eigenvalue weighted by Crippen LogP contribution is -2.54. The Morgan fingerprint density at radius 2 is 1.64 bits per heavy atom. The summed E-state index contributed by atoms with van der Waals surface area (Å²) in [5.74, 6) is -0.578. The van der Waals surface area contributed by atoms with Crippen LogP contribution in [0.25, 0.3) is 0 Å². The van der Waals surface area contributed by atoms with Crippen molar-refractivity contribution in [2.75, 3.05) is 31.1 Å². The molecule has 0 spiro atoms. The molecule has 28 heavy (non-hydrogen) atoms. The average Bonchev–Trinajstić information content (AvgIpc) is 2.68. The van der Waals surface area contributed by atoms with Gasteiger partial charge < -0.3 is 9.80 Å². The molecule has 0 aliphatic carbocycles. The predicted molar refractivity (Wildman–Crippen MR) is 106 cm³/mol. The number of rotatable bonds is 5. The number of hydrogen-bond acceptors (Lipinski definition) is 4. The maximum Gasteiger partial charge on any atom is 0.241 e. The van der Waals surface area contributed by atoms with E-state index in [-0.39, 0.29) is 16.6 Å². The van der Waals surface area contributed by atoms with Crippen LogP contribution in [0, 0.1) is 12.7 Å². The summed E-state index contributed by atoms with van der Waals surface area (Å²) in [6.45, 7) is 5.20. The molecule has 1 aliphatic heterocycles. The summed E-state index contributed by atoms with van der Waals surface area (Å²) >= 11 is 0. The minimum Gasteiger partial charge on any atom is -0.366 e. The lowest BCUT2D eigenvalue weighted by Gasteiger charge is -2.37. The first kappa shape index (κ1) is 20.3. The van der Waals surface area contributed by atoms with Gasteiger partial charge in [0.25, 0.3) is 0 Å². The van der Waals surface area contributed by atoms with Crippen molar-refractivity contribution in [3.63, 3.8) is 0 Å². The van der Waals surface area contributed by atoms with Crippen LogP contribution in [-0.4, -0.2) is 51.4 Å². The van der Waals surface area contributed by atoms with Crippen LogP contribution in [0.15, 0.2) is 53.4 Å². The van der Waals surface area contributed by atoms with Crippen molar-refractivity contribution in [3.05, 3.63) is 59.9 Å². The normalized spacial score (nSPS) is 16.1. The van der Waals surface area contributed by atoms with Crippen molar-refractivity contribution in [3.8, 4) is 0 Å². The van der Waals surface area contributed by atoms with Gasteiger partial charge >= 0.3 is 0 Å². The smallest absolute Gasteiger partial charge is 0.241 e. The Morgan fingerprint density at radius 1 is 1.04 bits per heavy atom. The molecule has 0 aromatic heterocycles. The van der Waals surface area contributed by atoms with Crippen LogP contribution in [0.4, 0.5) is 10.1 Å². The van der Waals surface area contributed by atoms with Crippen LogP contribution in [0.3, 0.4) is 0 Å². The number of nitrogens with one attached hydrogen (secondary N) is 1. The third-order valence-electron chi connectivity index (χ3n) is 4.82. The number of para-hydroxylation sites is 1. The van der Waals surface area contributed by atoms with Crippen molar-refractivity contribution in [1.29, 1.82) is 0 Å². The number of amides is 1. The highest BCUT2D eigenvalue weighted by atomic mass is 32.2. The molecule has 1 atom stereocenters. The number of nitrogens with zero attached hydrogens (tertiary/aromatic N) is 2. The standard InChI is InChI=1S/C20H24FN3O3S/c1-15-7-9-17(10-8-15)28(26,27)22-16(2)20(25)24-13-11-23(12-14-24)19-6-4-3-5-18(19)21/h3-10,16,22H,11-14H2,1-2H3/t16-/m1/s1. The number of sulfonamides is 1. The molecule has 1 N–H and O–H groups in total. The van der Waals surface area contributed by atoms with Crippen LogP contribution in [0.1, 0.15) is 12.5 Å². The molecular weight excluding hydrogens is 381 g/mol. The highest BCUT2D eigenvalue weighted by Gasteiger charge is 2.28. The van der Waals surface area contributed by atoms with E-state index in [2.05, 4.69) is 4.72 Å². The highest BCUT2D eigenvalue weighted by molar-refractivity contribution is 7.89. The molecule has 0 saturated carbocycles. The van der Waals surface area contributed by atoms with Gasteiger partial charge in [0.2, 0.25) is 15.9 Å². The van der Waals surface area contributed by atoms with Crippen LogP contribution in [0.5, 0.6) is 0 Å². The number of carbonyl (C=O) groups excluding carboxylic acids is 1. The van der Waals surface area contributed by atoms with E-state index >= 15 is 0 Å². The largest absolute Gasteiger partial charge is 0.366 e. The number of piperazine rings is 1. The molecule has 8 heteroatoms. The van der Waals surface area contributed by atoms with E-state index in [1.165, 1.54) is 25.1 Å². The Bertz CT molecular complexity index is 939. The first-order chi connectivity index (χ1) is 13.3. The molecule has 0 unspecified atom stereocenters. The van der Waals surface area contributed by atoms with Gasteiger partial charge in [0.1, 0.15) is 5.82 Å². The molecule has 0 bridgehead atoms. The van der Waals surface area contributed by atoms with Crippen molar-refractivity contribution < 1.29 is 17.6 Å². The fourth-order valence-corrected chi connectivity index (χ4v) is 4.42. The molecule has 0 radical (unpaired) electrons. The molecule has 2 aromatic carbocycles. The second-order valence-corrected chi connectivity index (χ2v) is 8.63. The highest BCUT2D eigenvalue weighted by Crippen LogP contribution is 2.20. The fourth-order valence-electron chi connectivity index (χ4n) is 3.22. The Kier molecular flexibility index (Phi) is 6.00. The van der Waals surface area contributed by atoms with Crippen molar-refractivity contribution in [2.45, 2.75) is 24.8 Å². The maximum atomic E-state index is 13.9. The van der Waals surface area contributed by atoms with Gasteiger partial charge in [0.15, 0.2) is 0 Å². The zero-order valence-corrected chi connectivity index (χ0v) is 16.7. The third kappa shape index (κ3) is 4.51. The van der Waals surface area contributed by atoms with E-state index in [0.717, 1.165) is 5.56 Å². The first-order valence-corrected chi connectivity index (χ1v) is 10.6. The van der Waals surface area contributed by atoms with Crippen molar-refractivity contribution in [2.24, 2.45) is 0 Å². The third-order valence-corrected chi connectivity index (χ3v) is 6.37. The summed E-state index contributed by atoms with van der Waals surface area (Å²) in [5, 5.41) is 0. The lowest BCUT2D eigenvalue weighted by molar-refractivity contribution is -0.132. The Hall–Kier alpha value is -2.45. The van der Waals surface area contributed by atoms with Gasteiger partial charge in [-0.1, -0.05) is 29.8 Å². The number of carbonyl (C=O) groups is 1. The van der Waals surface area contributed by atoms with Crippen molar-refractivity contribution in [1.82, 2.24) is 9.62 Å². The minimum atomic E-state index is -3.78. The summed E-state index contributed by atoms with van der Waals surface area (Å²) in [6, 6.07) is 12.1. The molecule has 1 saturated heterocycles. The molecule has 1 amide bonds. The topological polar surface area (TPSA) is 69.7 Å². The van der Waals surface area contributed by atoms with Crippen molar-refractivity contribution >= 4 is 21.6 Å². The molecule has 1 heterocycles. The zero-order chi connectivity index (χ0) is 20.3. The molecule has 1 fully saturated rings. The molecule has 6 nitrogen and oxygen atoms in total. The summed E-state index contributed by atoms with van der Waals surface area (Å²) in [7, 11) is -3.78. The van der Waals surface area contributed by atoms with Gasteiger partial charge in [-0.15, -0.1) is 0 Å². The van der Waals surface area contributed by atoms with Gasteiger partial charge in [-0.25, -0.2) is 12.8 Å². The van der Waals surface area contributed by atoms with E-state index in [4.69, 9.17) is 0 Å². The Labute approximate surface area is 165 Å². The van der Waals surface area contributed by atoms with Gasteiger partial charge in [-0.05, 0) is 38.1 Å². The van der Waals surface area contributed by atoms with Crippen LogP contribution >= 0.6 is 0 Å². The predicted octanol–water partition coefficient (Wildman–Crippen LogP) is 2.15. The van der Waals surface area contributed by atoms with Gasteiger partial charge in [0, 0.05) is 26.2 Å². The van der Waals surface area contributed by atoms with Crippen LogP contribution in [0.2, 0.25) is 0 Å². The monoisotopic (exact) mass is 405 g/mol. The number of anilines is 1. The molecular formula is C20H24FN3O3S. The molecule has 1 aliphatic rings. The second kappa shape index (κ2) is 8.28. The quantitative estimate of drug-likeness (QED) is 0.828. The summed E-state index contributed by atoms with van der Waals surface area (Å²) < 4.78 is 41.3. The molecule has 3 rings (SSSR count). The van der Waals surface area contributed by atoms with E-state index in [1.807, 2.05) is 11.8 Å². The van der Waals surface area contributed by atoms with E-state index in [0.29, 0.717) is 31.9 Å². The fraction of sp³-hybridized carbons (Fsp3) is 0.350. The first-order valence-electron chi connectivity index (χ1n) is 9.15. The average molecular weight is 405 g/mol. The lowest BCUT2D eigenvalue weighted by atomic mass is 10.2. The number of halogens is 1. The summed E-state index contributed by atoms with van der Waals surface area (Å²) in [5.41, 5.74) is 1.47. The second-order valence-electron chi connectivity index (χ2n) is 6.92. The van der Waals surface area contributed by atoms with Gasteiger partial charge in [-0.2, -0.15) is 4.72 Å². The number of hydrogen-bond donors (Lipinski definition) is 1. The van der Waals surface area contributed by atoms with E-state index in [1.54, 1.807) is 35.2 Å². The van der Waals surface area contributed by atoms with E-state index in [9.17, 15) is 17.6 Å². The summed E-state index contributed by atoms with van der Waals surface area (Å²) in [4.78, 5) is 16.3. The zero-order valence-electron chi connectivity index (χ0n) is 15.9. The van der Waals surface area contributed by atoms with Crippen LogP contribution < -0.4 is 9.62 Å². The maximum absolute atomic E-state index is 13.9. The minimum absolute atomic E-state index is 0.127. The van der Waals surface area contributed by atoms with Crippen LogP contribution in [-0.2, 0) is 14.8 Å². The molecule has 2 aromatic rings. The SMILES string of the molecule is Cc1ccc(S(=O)(=O)N[C@H](C)C(=O)N2CCN(c3ccccc3F)CC2)cc1. The Morgan fingerprint density at radius 3 is 2.25 bits per heavy atom. The van der Waals surface area contributed by atoms with Gasteiger partial charge in [-0.3, -0.25) is 4.79 Å².